The third-order valence-corrected chi connectivity index (χ3v) is 1.40. The molecule has 6 heteroatoms. The summed E-state index contributed by atoms with van der Waals surface area (Å²) >= 11 is 7.31. The first kappa shape index (κ1) is 36.0. The van der Waals surface area contributed by atoms with Crippen molar-refractivity contribution >= 4 is 63.7 Å². The van der Waals surface area contributed by atoms with Gasteiger partial charge in [0.2, 0.25) is 0 Å². The zero-order valence-electron chi connectivity index (χ0n) is 11.0. The van der Waals surface area contributed by atoms with E-state index in [1.54, 1.807) is 0 Å². The van der Waals surface area contributed by atoms with Crippen LogP contribution in [0, 0.1) is 6.92 Å². The Balaban J connectivity index is -0.0000000166. The van der Waals surface area contributed by atoms with Crippen molar-refractivity contribution in [3.63, 3.8) is 0 Å². The van der Waals surface area contributed by atoms with E-state index in [1.165, 1.54) is 19.3 Å². The Kier molecular flexibility index (Phi) is 142. The fraction of sp³-hybridized carbons (Fsp3) is 0.875. The minimum absolute atomic E-state index is 0. The molecular formula is C8H19Br2Li4+. The summed E-state index contributed by atoms with van der Waals surface area (Å²) < 4.78 is 0. The van der Waals surface area contributed by atoms with E-state index < -0.39 is 0 Å². The van der Waals surface area contributed by atoms with Gasteiger partial charge in [-0.25, -0.2) is 0 Å². The summed E-state index contributed by atoms with van der Waals surface area (Å²) in [4.78, 5) is 0. The second-order valence-electron chi connectivity index (χ2n) is 1.90. The molecule has 0 amide bonds. The van der Waals surface area contributed by atoms with Crippen LogP contribution >= 0.6 is 32.9 Å². The van der Waals surface area contributed by atoms with Crippen molar-refractivity contribution in [1.82, 2.24) is 0 Å². The minimum atomic E-state index is 0. The van der Waals surface area contributed by atoms with E-state index in [-0.39, 0.29) is 54.7 Å². The van der Waals surface area contributed by atoms with Crippen LogP contribution in [0.2, 0.25) is 0 Å². The average molecular weight is 303 g/mol. The standard InChI is InChI=1S/C4H9Br.C4H9.BrH.4Li/c1-2-3-4-5;1-3-4-2;;;;;/h2-4H2,1H3;1,3-4H2,2H3;1H;;;;/q;-1;;;;2*+1. The normalized spacial score (nSPS) is 5.71. The van der Waals surface area contributed by atoms with Gasteiger partial charge in [0.1, 0.15) is 0 Å². The van der Waals surface area contributed by atoms with E-state index >= 15 is 0 Å². The zero-order chi connectivity index (χ0) is 9.54. The number of rotatable bonds is 3. The fourth-order valence-electron chi connectivity index (χ4n) is 0.134. The fourth-order valence-corrected chi connectivity index (χ4v) is 0.694. The second kappa shape index (κ2) is 55.3. The molecular weight excluding hydrogens is 284 g/mol. The molecule has 0 aromatic carbocycles. The van der Waals surface area contributed by atoms with Crippen molar-refractivity contribution in [2.75, 3.05) is 5.33 Å². The van der Waals surface area contributed by atoms with Gasteiger partial charge in [-0.05, 0) is 6.42 Å². The maximum atomic E-state index is 3.60. The quantitative estimate of drug-likeness (QED) is 0.311. The summed E-state index contributed by atoms with van der Waals surface area (Å²) in [5.74, 6) is 0. The molecule has 0 atom stereocenters. The Morgan fingerprint density at radius 2 is 1.36 bits per heavy atom. The van der Waals surface area contributed by atoms with Crippen LogP contribution in [0.15, 0.2) is 0 Å². The number of alkyl halides is 1. The van der Waals surface area contributed by atoms with E-state index in [9.17, 15) is 0 Å². The van der Waals surface area contributed by atoms with Gasteiger partial charge in [-0.2, -0.15) is 6.42 Å². The Hall–Kier alpha value is 3.35. The van der Waals surface area contributed by atoms with Crippen molar-refractivity contribution < 1.29 is 37.7 Å². The van der Waals surface area contributed by atoms with Crippen LogP contribution in [-0.2, 0) is 0 Å². The van der Waals surface area contributed by atoms with Crippen molar-refractivity contribution in [2.45, 2.75) is 39.5 Å². The third-order valence-electron chi connectivity index (χ3n) is 0.841. The van der Waals surface area contributed by atoms with Gasteiger partial charge in [0, 0.05) is 5.33 Å². The molecule has 14 heavy (non-hydrogen) atoms. The summed E-state index contributed by atoms with van der Waals surface area (Å²) in [5.41, 5.74) is 0. The zero-order valence-corrected chi connectivity index (χ0v) is 14.3. The van der Waals surface area contributed by atoms with E-state index in [0.29, 0.717) is 0 Å². The summed E-state index contributed by atoms with van der Waals surface area (Å²) in [5, 5.41) is 1.16. The molecule has 0 aromatic heterocycles. The van der Waals surface area contributed by atoms with Gasteiger partial charge < -0.3 is 6.92 Å². The summed E-state index contributed by atoms with van der Waals surface area (Å²) in [6.45, 7) is 7.90. The van der Waals surface area contributed by atoms with Crippen molar-refractivity contribution in [3.8, 4) is 0 Å². The summed E-state index contributed by atoms with van der Waals surface area (Å²) in [6.07, 6.45) is 4.88. The molecule has 68 valence electrons. The van der Waals surface area contributed by atoms with Gasteiger partial charge in [0.05, 0.1) is 0 Å². The van der Waals surface area contributed by atoms with Crippen LogP contribution in [0.5, 0.6) is 0 Å². The van der Waals surface area contributed by atoms with Crippen LogP contribution in [0.3, 0.4) is 0 Å². The molecule has 0 aliphatic rings. The molecule has 0 spiro atoms. The monoisotopic (exact) mass is 301 g/mol. The van der Waals surface area contributed by atoms with Crippen LogP contribution in [0.1, 0.15) is 39.5 Å². The Labute approximate surface area is 151 Å². The summed E-state index contributed by atoms with van der Waals surface area (Å²) in [7, 11) is 0. The molecule has 0 radical (unpaired) electrons. The molecule has 0 rings (SSSR count). The molecule has 0 N–H and O–H groups in total. The maximum absolute atomic E-state index is 3.60. The Morgan fingerprint density at radius 1 is 1.07 bits per heavy atom. The molecule has 0 saturated heterocycles. The molecule has 0 heterocycles. The topological polar surface area (TPSA) is 0 Å². The molecule has 0 aliphatic heterocycles. The number of hydrogen-bond acceptors (Lipinski definition) is 0. The van der Waals surface area contributed by atoms with E-state index in [2.05, 4.69) is 36.7 Å². The molecule has 0 saturated carbocycles. The first-order valence-electron chi connectivity index (χ1n) is 4.68. The number of halogens is 2. The van der Waals surface area contributed by atoms with Gasteiger partial charge in [0.15, 0.2) is 0 Å². The SMILES string of the molecule is Br.CCCCBr.[CH2-]CCC.[Li+].[Li+].[Li][Li]. The van der Waals surface area contributed by atoms with Gasteiger partial charge in [-0.3, -0.25) is 0 Å². The molecule has 0 unspecified atom stereocenters. The van der Waals surface area contributed by atoms with Crippen molar-refractivity contribution in [1.29, 1.82) is 0 Å². The molecule has 0 aromatic rings. The Bertz CT molecular complexity index is 38.5. The van der Waals surface area contributed by atoms with Crippen LogP contribution in [0.25, 0.3) is 0 Å². The predicted molar refractivity (Wildman–Crippen MR) is 70.8 cm³/mol. The first-order chi connectivity index (χ1) is 5.33. The van der Waals surface area contributed by atoms with Crippen LogP contribution in [-0.4, -0.2) is 36.1 Å². The van der Waals surface area contributed by atoms with Gasteiger partial charge in [0.25, 0.3) is 0 Å². The molecule has 0 bridgehead atoms. The second-order valence-corrected chi connectivity index (χ2v) is 2.69. The van der Waals surface area contributed by atoms with Gasteiger partial charge in [-0.15, -0.1) is 17.0 Å². The van der Waals surface area contributed by atoms with E-state index in [0.717, 1.165) is 11.8 Å². The van der Waals surface area contributed by atoms with Gasteiger partial charge in [-0.1, -0.05) is 42.6 Å². The first-order valence-corrected chi connectivity index (χ1v) is 5.80. The van der Waals surface area contributed by atoms with E-state index in [1.807, 2.05) is 30.8 Å². The van der Waals surface area contributed by atoms with Gasteiger partial charge >= 0.3 is 68.5 Å². The molecule has 0 nitrogen and oxygen atoms in total. The summed E-state index contributed by atoms with van der Waals surface area (Å²) in [6, 6.07) is 0. The number of hydrogen-bond donors (Lipinski definition) is 0. The van der Waals surface area contributed by atoms with E-state index in [4.69, 9.17) is 0 Å². The third kappa shape index (κ3) is 78.4. The van der Waals surface area contributed by atoms with Crippen LogP contribution in [0.4, 0.5) is 0 Å². The Morgan fingerprint density at radius 3 is 1.36 bits per heavy atom. The predicted octanol–water partition coefficient (Wildman–Crippen LogP) is -2.37. The van der Waals surface area contributed by atoms with Crippen molar-refractivity contribution in [2.24, 2.45) is 0 Å². The van der Waals surface area contributed by atoms with Crippen molar-refractivity contribution in [3.05, 3.63) is 6.92 Å². The number of unbranched alkanes of at least 4 members (excludes halogenated alkanes) is 2. The molecule has 0 fully saturated rings. The molecule has 0 aliphatic carbocycles. The average Bonchev–Trinajstić information content (AvgIpc) is 2.10. The van der Waals surface area contributed by atoms with Crippen LogP contribution < -0.4 is 37.7 Å².